The maximum atomic E-state index is 12.5. The highest BCUT2D eigenvalue weighted by Gasteiger charge is 2.18. The standard InChI is InChI=1S/C25H31N3O2S/c1-17-7-5-9-19(13-17)21-16-31-24(27-21)28-22(29)15-26-23(30)20-10-6-8-18(14-20)11-12-25(2,3)4/h5-7,9-10,13-14,16,18H,8,11-12,15H2,1-4H3,(H,26,30)(H,27,28,29). The molecule has 31 heavy (non-hydrogen) atoms. The monoisotopic (exact) mass is 437 g/mol. The summed E-state index contributed by atoms with van der Waals surface area (Å²) in [5, 5.41) is 7.92. The predicted octanol–water partition coefficient (Wildman–Crippen LogP) is 5.50. The van der Waals surface area contributed by atoms with E-state index in [2.05, 4.69) is 42.5 Å². The van der Waals surface area contributed by atoms with E-state index in [0.29, 0.717) is 16.6 Å². The van der Waals surface area contributed by atoms with E-state index in [0.717, 1.165) is 36.1 Å². The van der Waals surface area contributed by atoms with E-state index >= 15 is 0 Å². The number of anilines is 1. The summed E-state index contributed by atoms with van der Waals surface area (Å²) in [6, 6.07) is 8.07. The Bertz CT molecular complexity index is 998. The lowest BCUT2D eigenvalue weighted by atomic mass is 9.83. The number of amides is 2. The first-order chi connectivity index (χ1) is 14.7. The summed E-state index contributed by atoms with van der Waals surface area (Å²) in [5.74, 6) is -0.135. The van der Waals surface area contributed by atoms with Crippen LogP contribution >= 0.6 is 11.3 Å². The molecule has 2 aromatic rings. The van der Waals surface area contributed by atoms with Crippen LogP contribution in [-0.2, 0) is 9.59 Å². The van der Waals surface area contributed by atoms with Crippen molar-refractivity contribution in [1.82, 2.24) is 10.3 Å². The average molecular weight is 438 g/mol. The first-order valence-electron chi connectivity index (χ1n) is 10.7. The van der Waals surface area contributed by atoms with Crippen molar-refractivity contribution in [3.63, 3.8) is 0 Å². The van der Waals surface area contributed by atoms with Crippen molar-refractivity contribution in [1.29, 1.82) is 0 Å². The quantitative estimate of drug-likeness (QED) is 0.601. The molecular formula is C25H31N3O2S. The zero-order chi connectivity index (χ0) is 22.4. The molecule has 0 spiro atoms. The Labute approximate surface area is 188 Å². The Hall–Kier alpha value is -2.73. The van der Waals surface area contributed by atoms with Gasteiger partial charge < -0.3 is 10.6 Å². The zero-order valence-corrected chi connectivity index (χ0v) is 19.5. The van der Waals surface area contributed by atoms with Gasteiger partial charge in [-0.3, -0.25) is 9.59 Å². The van der Waals surface area contributed by atoms with Crippen LogP contribution in [0, 0.1) is 18.3 Å². The van der Waals surface area contributed by atoms with Crippen LogP contribution < -0.4 is 10.6 Å². The maximum Gasteiger partial charge on any atom is 0.251 e. The van der Waals surface area contributed by atoms with Gasteiger partial charge in [-0.1, -0.05) is 62.8 Å². The third kappa shape index (κ3) is 7.17. The minimum Gasteiger partial charge on any atom is -0.343 e. The minimum atomic E-state index is -0.289. The second kappa shape index (κ2) is 10.1. The molecule has 1 aromatic carbocycles. The van der Waals surface area contributed by atoms with Gasteiger partial charge in [0.2, 0.25) is 5.91 Å². The summed E-state index contributed by atoms with van der Waals surface area (Å²) < 4.78 is 0. The summed E-state index contributed by atoms with van der Waals surface area (Å²) in [4.78, 5) is 29.3. The molecule has 0 saturated carbocycles. The van der Waals surface area contributed by atoms with Crippen molar-refractivity contribution in [3.05, 3.63) is 59.0 Å². The van der Waals surface area contributed by atoms with Crippen LogP contribution in [0.4, 0.5) is 5.13 Å². The van der Waals surface area contributed by atoms with Gasteiger partial charge in [-0.2, -0.15) is 0 Å². The maximum absolute atomic E-state index is 12.5. The molecule has 5 nitrogen and oxygen atoms in total. The van der Waals surface area contributed by atoms with Crippen LogP contribution in [0.3, 0.4) is 0 Å². The molecule has 1 atom stereocenters. The summed E-state index contributed by atoms with van der Waals surface area (Å²) in [5.41, 5.74) is 3.92. The number of thiazole rings is 1. The number of carbonyl (C=O) groups excluding carboxylic acids is 2. The van der Waals surface area contributed by atoms with Gasteiger partial charge in [-0.05, 0) is 43.6 Å². The Morgan fingerprint density at radius 1 is 1.26 bits per heavy atom. The number of rotatable bonds is 7. The fourth-order valence-electron chi connectivity index (χ4n) is 3.41. The highest BCUT2D eigenvalue weighted by molar-refractivity contribution is 7.14. The summed E-state index contributed by atoms with van der Waals surface area (Å²) in [7, 11) is 0. The van der Waals surface area contributed by atoms with Gasteiger partial charge in [0.05, 0.1) is 12.2 Å². The fraction of sp³-hybridized carbons (Fsp3) is 0.400. The number of benzene rings is 1. The fourth-order valence-corrected chi connectivity index (χ4v) is 4.15. The first-order valence-corrected chi connectivity index (χ1v) is 11.6. The van der Waals surface area contributed by atoms with Crippen LogP contribution in [-0.4, -0.2) is 23.3 Å². The van der Waals surface area contributed by atoms with E-state index in [1.165, 1.54) is 11.3 Å². The van der Waals surface area contributed by atoms with Gasteiger partial charge in [0.15, 0.2) is 5.13 Å². The number of aromatic nitrogens is 1. The largest absolute Gasteiger partial charge is 0.343 e. The van der Waals surface area contributed by atoms with Crippen molar-refractivity contribution >= 4 is 28.3 Å². The van der Waals surface area contributed by atoms with E-state index in [1.807, 2.05) is 48.7 Å². The second-order valence-electron chi connectivity index (χ2n) is 9.26. The molecule has 0 bridgehead atoms. The molecule has 1 aliphatic rings. The number of nitrogens with zero attached hydrogens (tertiary/aromatic N) is 1. The van der Waals surface area contributed by atoms with Crippen LogP contribution in [0.2, 0.25) is 0 Å². The molecule has 3 rings (SSSR count). The summed E-state index contributed by atoms with van der Waals surface area (Å²) in [6.07, 6.45) is 9.05. The van der Waals surface area contributed by atoms with Gasteiger partial charge in [0, 0.05) is 16.5 Å². The predicted molar refractivity (Wildman–Crippen MR) is 128 cm³/mol. The molecule has 1 aromatic heterocycles. The molecule has 2 N–H and O–H groups in total. The Kier molecular flexibility index (Phi) is 7.44. The van der Waals surface area contributed by atoms with Crippen molar-refractivity contribution in [2.45, 2.75) is 47.0 Å². The molecule has 0 saturated heterocycles. The van der Waals surface area contributed by atoms with Crippen molar-refractivity contribution in [2.75, 3.05) is 11.9 Å². The Balaban J connectivity index is 1.50. The molecule has 6 heteroatoms. The van der Waals surface area contributed by atoms with Crippen LogP contribution in [0.5, 0.6) is 0 Å². The molecule has 1 heterocycles. The van der Waals surface area contributed by atoms with E-state index in [9.17, 15) is 9.59 Å². The highest BCUT2D eigenvalue weighted by atomic mass is 32.1. The van der Waals surface area contributed by atoms with Crippen molar-refractivity contribution < 1.29 is 9.59 Å². The number of hydrogen-bond acceptors (Lipinski definition) is 4. The second-order valence-corrected chi connectivity index (χ2v) is 10.1. The van der Waals surface area contributed by atoms with Crippen molar-refractivity contribution in [2.24, 2.45) is 11.3 Å². The number of nitrogens with one attached hydrogen (secondary N) is 2. The summed E-state index contributed by atoms with van der Waals surface area (Å²) >= 11 is 1.37. The molecule has 0 fully saturated rings. The molecule has 0 radical (unpaired) electrons. The van der Waals surface area contributed by atoms with E-state index in [1.54, 1.807) is 0 Å². The van der Waals surface area contributed by atoms with Gasteiger partial charge in [-0.15, -0.1) is 11.3 Å². The Morgan fingerprint density at radius 2 is 2.06 bits per heavy atom. The lowest BCUT2D eigenvalue weighted by Gasteiger charge is -2.22. The first kappa shape index (κ1) is 22.9. The van der Waals surface area contributed by atoms with E-state index in [-0.39, 0.29) is 23.8 Å². The van der Waals surface area contributed by atoms with E-state index in [4.69, 9.17) is 0 Å². The van der Waals surface area contributed by atoms with Gasteiger partial charge in [-0.25, -0.2) is 4.98 Å². The lowest BCUT2D eigenvalue weighted by molar-refractivity contribution is -0.121. The van der Waals surface area contributed by atoms with Gasteiger partial charge >= 0.3 is 0 Å². The zero-order valence-electron chi connectivity index (χ0n) is 18.7. The number of hydrogen-bond donors (Lipinski definition) is 2. The topological polar surface area (TPSA) is 71.1 Å². The number of aryl methyl sites for hydroxylation is 1. The minimum absolute atomic E-state index is 0.0873. The van der Waals surface area contributed by atoms with E-state index < -0.39 is 0 Å². The average Bonchev–Trinajstić information content (AvgIpc) is 3.19. The molecular weight excluding hydrogens is 406 g/mol. The molecule has 1 unspecified atom stereocenters. The third-order valence-electron chi connectivity index (χ3n) is 5.15. The van der Waals surface area contributed by atoms with Crippen molar-refractivity contribution in [3.8, 4) is 11.3 Å². The van der Waals surface area contributed by atoms with Crippen LogP contribution in [0.25, 0.3) is 11.3 Å². The molecule has 1 aliphatic carbocycles. The third-order valence-corrected chi connectivity index (χ3v) is 5.91. The number of allylic oxidation sites excluding steroid dienone is 2. The molecule has 2 amide bonds. The molecule has 0 aliphatic heterocycles. The van der Waals surface area contributed by atoms with Gasteiger partial charge in [0.25, 0.3) is 5.91 Å². The highest BCUT2D eigenvalue weighted by Crippen LogP contribution is 2.28. The van der Waals surface area contributed by atoms with Crippen LogP contribution in [0.15, 0.2) is 53.4 Å². The van der Waals surface area contributed by atoms with Gasteiger partial charge in [0.1, 0.15) is 0 Å². The Morgan fingerprint density at radius 3 is 2.81 bits per heavy atom. The summed E-state index contributed by atoms with van der Waals surface area (Å²) in [6.45, 7) is 8.64. The number of carbonyl (C=O) groups is 2. The lowest BCUT2D eigenvalue weighted by Crippen LogP contribution is -2.33. The normalized spacial score (nSPS) is 16.0. The molecule has 164 valence electrons. The SMILES string of the molecule is Cc1cccc(-c2csc(NC(=O)CNC(=O)C3=CC(CCC(C)(C)C)CC=C3)n2)c1. The van der Waals surface area contributed by atoms with Crippen LogP contribution in [0.1, 0.15) is 45.6 Å². The smallest absolute Gasteiger partial charge is 0.251 e.